The maximum atomic E-state index is 12.6. The summed E-state index contributed by atoms with van der Waals surface area (Å²) in [5.41, 5.74) is 0. The molecule has 16 heavy (non-hydrogen) atoms. The van der Waals surface area contributed by atoms with Crippen LogP contribution in [0.5, 0.6) is 0 Å². The fourth-order valence-electron chi connectivity index (χ4n) is 1.84. The zero-order chi connectivity index (χ0) is 11.3. The van der Waals surface area contributed by atoms with E-state index in [4.69, 9.17) is 4.52 Å². The maximum Gasteiger partial charge on any atom is 0.299 e. The molecule has 1 atom stereocenters. The van der Waals surface area contributed by atoms with E-state index in [0.29, 0.717) is 6.61 Å². The van der Waals surface area contributed by atoms with Crippen LogP contribution in [0.15, 0.2) is 30.3 Å². The Balaban J connectivity index is 2.17. The van der Waals surface area contributed by atoms with Crippen LogP contribution in [-0.4, -0.2) is 13.2 Å². The molecule has 1 heterocycles. The Morgan fingerprint density at radius 1 is 1.06 bits per heavy atom. The molecule has 1 saturated heterocycles. The molecule has 0 aromatic heterocycles. The van der Waals surface area contributed by atoms with Crippen LogP contribution in [0.4, 0.5) is 0 Å². The predicted molar refractivity (Wildman–Crippen MR) is 66.1 cm³/mol. The lowest BCUT2D eigenvalue weighted by Crippen LogP contribution is -2.22. The molecule has 0 bridgehead atoms. The first-order valence-electron chi connectivity index (χ1n) is 5.87. The summed E-state index contributed by atoms with van der Waals surface area (Å²) in [5, 5.41) is 3.86. The average Bonchev–Trinajstić information content (AvgIpc) is 2.43. The Hall–Kier alpha value is -0.630. The zero-order valence-electron chi connectivity index (χ0n) is 9.39. The average molecular weight is 239 g/mol. The van der Waals surface area contributed by atoms with Gasteiger partial charge in [-0.3, -0.25) is 4.57 Å². The van der Waals surface area contributed by atoms with Gasteiger partial charge in [0.15, 0.2) is 0 Å². The van der Waals surface area contributed by atoms with E-state index in [-0.39, 0.29) is 0 Å². The summed E-state index contributed by atoms with van der Waals surface area (Å²) in [7, 11) is -2.81. The topological polar surface area (TPSA) is 38.3 Å². The van der Waals surface area contributed by atoms with E-state index in [1.165, 1.54) is 6.42 Å². The van der Waals surface area contributed by atoms with Gasteiger partial charge in [-0.2, -0.15) is 0 Å². The van der Waals surface area contributed by atoms with Gasteiger partial charge in [-0.15, -0.1) is 0 Å². The number of nitrogens with one attached hydrogen (secondary N) is 1. The van der Waals surface area contributed by atoms with Crippen LogP contribution in [0.25, 0.3) is 0 Å². The SMILES string of the molecule is O=P1(c2ccccc2)NCCCCCCO1. The highest BCUT2D eigenvalue weighted by atomic mass is 31.2. The first kappa shape index (κ1) is 11.8. The summed E-state index contributed by atoms with van der Waals surface area (Å²) in [4.78, 5) is 0. The molecule has 1 unspecified atom stereocenters. The summed E-state index contributed by atoms with van der Waals surface area (Å²) >= 11 is 0. The zero-order valence-corrected chi connectivity index (χ0v) is 10.3. The van der Waals surface area contributed by atoms with Gasteiger partial charge in [-0.25, -0.2) is 5.09 Å². The lowest BCUT2D eigenvalue weighted by atomic mass is 10.2. The van der Waals surface area contributed by atoms with Crippen molar-refractivity contribution in [3.05, 3.63) is 30.3 Å². The Morgan fingerprint density at radius 3 is 2.62 bits per heavy atom. The first-order chi connectivity index (χ1) is 7.81. The molecule has 0 amide bonds. The van der Waals surface area contributed by atoms with E-state index in [9.17, 15) is 4.57 Å². The molecule has 1 aliphatic heterocycles. The second kappa shape index (κ2) is 5.62. The van der Waals surface area contributed by atoms with Gasteiger partial charge in [0, 0.05) is 6.54 Å². The third-order valence-corrected chi connectivity index (χ3v) is 4.92. The van der Waals surface area contributed by atoms with E-state index >= 15 is 0 Å². The summed E-state index contributed by atoms with van der Waals surface area (Å²) in [6.07, 6.45) is 4.42. The molecule has 1 aromatic rings. The van der Waals surface area contributed by atoms with Crippen LogP contribution in [0, 0.1) is 0 Å². The van der Waals surface area contributed by atoms with Crippen molar-refractivity contribution in [3.63, 3.8) is 0 Å². The van der Waals surface area contributed by atoms with E-state index in [1.807, 2.05) is 30.3 Å². The minimum Gasteiger partial charge on any atom is -0.314 e. The number of hydrogen-bond acceptors (Lipinski definition) is 2. The molecule has 1 N–H and O–H groups in total. The highest BCUT2D eigenvalue weighted by molar-refractivity contribution is 7.65. The number of benzene rings is 1. The van der Waals surface area contributed by atoms with Crippen molar-refractivity contribution in [2.75, 3.05) is 13.2 Å². The monoisotopic (exact) mass is 239 g/mol. The fraction of sp³-hybridized carbons (Fsp3) is 0.500. The molecule has 3 nitrogen and oxygen atoms in total. The van der Waals surface area contributed by atoms with Crippen LogP contribution in [0.2, 0.25) is 0 Å². The predicted octanol–water partition coefficient (Wildman–Crippen LogP) is 2.69. The molecular weight excluding hydrogens is 221 g/mol. The first-order valence-corrected chi connectivity index (χ1v) is 7.49. The Labute approximate surface area is 96.7 Å². The van der Waals surface area contributed by atoms with Crippen LogP contribution in [0.1, 0.15) is 25.7 Å². The van der Waals surface area contributed by atoms with Gasteiger partial charge in [-0.05, 0) is 25.0 Å². The quantitative estimate of drug-likeness (QED) is 0.766. The molecule has 0 aliphatic carbocycles. The van der Waals surface area contributed by atoms with Gasteiger partial charge in [0.25, 0.3) is 7.52 Å². The molecule has 2 rings (SSSR count). The van der Waals surface area contributed by atoms with Crippen LogP contribution >= 0.6 is 7.52 Å². The Bertz CT molecular complexity index is 353. The second-order valence-corrected chi connectivity index (χ2v) is 6.24. The van der Waals surface area contributed by atoms with E-state index in [1.54, 1.807) is 0 Å². The van der Waals surface area contributed by atoms with E-state index in [0.717, 1.165) is 31.1 Å². The van der Waals surface area contributed by atoms with E-state index in [2.05, 4.69) is 5.09 Å². The molecule has 0 spiro atoms. The maximum absolute atomic E-state index is 12.6. The Kier molecular flexibility index (Phi) is 4.16. The summed E-state index contributed by atoms with van der Waals surface area (Å²) in [6, 6.07) is 9.45. The second-order valence-electron chi connectivity index (χ2n) is 4.04. The molecule has 0 saturated carbocycles. The summed E-state index contributed by atoms with van der Waals surface area (Å²) < 4.78 is 18.2. The minimum absolute atomic E-state index is 0.583. The van der Waals surface area contributed by atoms with Gasteiger partial charge >= 0.3 is 0 Å². The highest BCUT2D eigenvalue weighted by Gasteiger charge is 2.25. The lowest BCUT2D eigenvalue weighted by Gasteiger charge is -2.18. The third-order valence-electron chi connectivity index (χ3n) is 2.76. The van der Waals surface area contributed by atoms with Crippen molar-refractivity contribution >= 4 is 12.8 Å². The minimum atomic E-state index is -2.81. The fourth-order valence-corrected chi connectivity index (χ4v) is 3.66. The van der Waals surface area contributed by atoms with Crippen molar-refractivity contribution in [1.82, 2.24) is 5.09 Å². The van der Waals surface area contributed by atoms with Gasteiger partial charge in [0.2, 0.25) is 0 Å². The smallest absolute Gasteiger partial charge is 0.299 e. The standard InChI is InChI=1S/C12H18NO2P/c14-16(12-8-4-3-5-9-12)13-10-6-1-2-7-11-15-16/h3-5,8-9H,1-2,6-7,10-11H2,(H,13,14). The van der Waals surface area contributed by atoms with Crippen molar-refractivity contribution in [2.45, 2.75) is 25.7 Å². The number of hydrogen-bond donors (Lipinski definition) is 1. The molecule has 88 valence electrons. The molecule has 1 aliphatic rings. The molecular formula is C12H18NO2P. The normalized spacial score (nSPS) is 27.8. The van der Waals surface area contributed by atoms with Crippen molar-refractivity contribution < 1.29 is 9.09 Å². The van der Waals surface area contributed by atoms with Gasteiger partial charge in [0.1, 0.15) is 0 Å². The summed E-state index contributed by atoms with van der Waals surface area (Å²) in [6.45, 7) is 1.35. The highest BCUT2D eigenvalue weighted by Crippen LogP contribution is 2.41. The molecule has 1 aromatic carbocycles. The lowest BCUT2D eigenvalue weighted by molar-refractivity contribution is 0.307. The van der Waals surface area contributed by atoms with Gasteiger partial charge in [-0.1, -0.05) is 31.0 Å². The van der Waals surface area contributed by atoms with Gasteiger partial charge in [0.05, 0.1) is 11.9 Å². The number of rotatable bonds is 1. The molecule has 0 radical (unpaired) electrons. The van der Waals surface area contributed by atoms with Gasteiger partial charge < -0.3 is 4.52 Å². The molecule has 1 fully saturated rings. The summed E-state index contributed by atoms with van der Waals surface area (Å²) in [5.74, 6) is 0. The third kappa shape index (κ3) is 2.94. The van der Waals surface area contributed by atoms with Crippen molar-refractivity contribution in [3.8, 4) is 0 Å². The van der Waals surface area contributed by atoms with Crippen molar-refractivity contribution in [1.29, 1.82) is 0 Å². The molecule has 4 heteroatoms. The van der Waals surface area contributed by atoms with E-state index < -0.39 is 7.52 Å². The van der Waals surface area contributed by atoms with Crippen LogP contribution < -0.4 is 10.4 Å². The Morgan fingerprint density at radius 2 is 1.81 bits per heavy atom. The van der Waals surface area contributed by atoms with Crippen LogP contribution in [0.3, 0.4) is 0 Å². The van der Waals surface area contributed by atoms with Crippen molar-refractivity contribution in [2.24, 2.45) is 0 Å². The van der Waals surface area contributed by atoms with Crippen LogP contribution in [-0.2, 0) is 9.09 Å². The largest absolute Gasteiger partial charge is 0.314 e.